The SMILES string of the molecule is CC[C@H](C)[C@@H](NC(C)=O)C(N)=O. The smallest absolute Gasteiger partial charge is 0.240 e. The van der Waals surface area contributed by atoms with Gasteiger partial charge in [0.15, 0.2) is 0 Å². The van der Waals surface area contributed by atoms with Crippen molar-refractivity contribution in [3.05, 3.63) is 0 Å². The van der Waals surface area contributed by atoms with Gasteiger partial charge in [-0.1, -0.05) is 20.3 Å². The first kappa shape index (κ1) is 10.9. The second-order valence-electron chi connectivity index (χ2n) is 2.97. The Hall–Kier alpha value is -1.06. The molecule has 2 amide bonds. The number of primary amides is 1. The summed E-state index contributed by atoms with van der Waals surface area (Å²) < 4.78 is 0. The van der Waals surface area contributed by atoms with Crippen LogP contribution in [0.1, 0.15) is 27.2 Å². The van der Waals surface area contributed by atoms with E-state index in [-0.39, 0.29) is 11.8 Å². The lowest BCUT2D eigenvalue weighted by atomic mass is 9.99. The van der Waals surface area contributed by atoms with Gasteiger partial charge in [-0.25, -0.2) is 0 Å². The van der Waals surface area contributed by atoms with Gasteiger partial charge in [0.1, 0.15) is 6.04 Å². The molecule has 3 N–H and O–H groups in total. The molecule has 0 bridgehead atoms. The number of carbonyl (C=O) groups excluding carboxylic acids is 2. The van der Waals surface area contributed by atoms with Gasteiger partial charge in [0.05, 0.1) is 0 Å². The predicted octanol–water partition coefficient (Wildman–Crippen LogP) is 0.0225. The van der Waals surface area contributed by atoms with Gasteiger partial charge >= 0.3 is 0 Å². The zero-order valence-corrected chi connectivity index (χ0v) is 7.76. The van der Waals surface area contributed by atoms with Crippen molar-refractivity contribution < 1.29 is 9.59 Å². The molecule has 0 rings (SSSR count). The quantitative estimate of drug-likeness (QED) is 0.627. The first-order chi connectivity index (χ1) is 5.49. The topological polar surface area (TPSA) is 72.2 Å². The monoisotopic (exact) mass is 172 g/mol. The molecule has 0 spiro atoms. The third kappa shape index (κ3) is 3.37. The lowest BCUT2D eigenvalue weighted by Gasteiger charge is -2.19. The van der Waals surface area contributed by atoms with Crippen LogP contribution in [0.4, 0.5) is 0 Å². The molecular formula is C8H16N2O2. The number of amides is 2. The molecule has 0 fully saturated rings. The van der Waals surface area contributed by atoms with Gasteiger partial charge in [0.25, 0.3) is 0 Å². The highest BCUT2D eigenvalue weighted by atomic mass is 16.2. The van der Waals surface area contributed by atoms with Crippen molar-refractivity contribution in [2.75, 3.05) is 0 Å². The average Bonchev–Trinajstić information content (AvgIpc) is 1.98. The molecular weight excluding hydrogens is 156 g/mol. The molecule has 0 aromatic heterocycles. The Bertz CT molecular complexity index is 180. The van der Waals surface area contributed by atoms with Crippen LogP contribution in [0.15, 0.2) is 0 Å². The summed E-state index contributed by atoms with van der Waals surface area (Å²) in [5.41, 5.74) is 5.11. The minimum Gasteiger partial charge on any atom is -0.368 e. The van der Waals surface area contributed by atoms with Crippen molar-refractivity contribution in [1.82, 2.24) is 5.32 Å². The average molecular weight is 172 g/mol. The van der Waals surface area contributed by atoms with Gasteiger partial charge in [-0.3, -0.25) is 9.59 Å². The highest BCUT2D eigenvalue weighted by molar-refractivity contribution is 5.85. The summed E-state index contributed by atoms with van der Waals surface area (Å²) in [6.07, 6.45) is 0.813. The number of nitrogens with two attached hydrogens (primary N) is 1. The molecule has 0 aliphatic heterocycles. The number of hydrogen-bond acceptors (Lipinski definition) is 2. The minimum absolute atomic E-state index is 0.0893. The van der Waals surface area contributed by atoms with Crippen LogP contribution in [0.3, 0.4) is 0 Å². The molecule has 4 nitrogen and oxygen atoms in total. The van der Waals surface area contributed by atoms with Gasteiger partial charge in [-0.05, 0) is 5.92 Å². The van der Waals surface area contributed by atoms with Crippen LogP contribution in [-0.4, -0.2) is 17.9 Å². The van der Waals surface area contributed by atoms with E-state index in [2.05, 4.69) is 5.32 Å². The molecule has 70 valence electrons. The molecule has 0 unspecified atom stereocenters. The van der Waals surface area contributed by atoms with Gasteiger partial charge in [-0.2, -0.15) is 0 Å². The number of hydrogen-bond donors (Lipinski definition) is 2. The molecule has 0 aromatic carbocycles. The first-order valence-electron chi connectivity index (χ1n) is 4.05. The molecule has 0 saturated carbocycles. The van der Waals surface area contributed by atoms with E-state index >= 15 is 0 Å². The third-order valence-corrected chi connectivity index (χ3v) is 1.88. The molecule has 12 heavy (non-hydrogen) atoms. The van der Waals surface area contributed by atoms with Crippen molar-refractivity contribution in [3.63, 3.8) is 0 Å². The fourth-order valence-corrected chi connectivity index (χ4v) is 0.948. The minimum atomic E-state index is -0.535. The van der Waals surface area contributed by atoms with Crippen LogP contribution >= 0.6 is 0 Å². The second kappa shape index (κ2) is 4.74. The highest BCUT2D eigenvalue weighted by Crippen LogP contribution is 2.06. The van der Waals surface area contributed by atoms with Gasteiger partial charge in [0.2, 0.25) is 11.8 Å². The van der Waals surface area contributed by atoms with E-state index in [1.165, 1.54) is 6.92 Å². The molecule has 4 heteroatoms. The Labute approximate surface area is 72.5 Å². The lowest BCUT2D eigenvalue weighted by molar-refractivity contribution is -0.127. The highest BCUT2D eigenvalue weighted by Gasteiger charge is 2.21. The predicted molar refractivity (Wildman–Crippen MR) is 46.3 cm³/mol. The normalized spacial score (nSPS) is 14.9. The number of rotatable bonds is 4. The van der Waals surface area contributed by atoms with Crippen molar-refractivity contribution in [2.45, 2.75) is 33.2 Å². The fraction of sp³-hybridized carbons (Fsp3) is 0.750. The maximum Gasteiger partial charge on any atom is 0.240 e. The Morgan fingerprint density at radius 1 is 1.50 bits per heavy atom. The molecule has 0 heterocycles. The Kier molecular flexibility index (Phi) is 4.33. The van der Waals surface area contributed by atoms with Crippen molar-refractivity contribution in [2.24, 2.45) is 11.7 Å². The zero-order valence-electron chi connectivity index (χ0n) is 7.76. The first-order valence-corrected chi connectivity index (χ1v) is 4.05. The molecule has 0 aromatic rings. The van der Waals surface area contributed by atoms with Crippen molar-refractivity contribution >= 4 is 11.8 Å². The summed E-state index contributed by atoms with van der Waals surface area (Å²) >= 11 is 0. The van der Waals surface area contributed by atoms with E-state index in [9.17, 15) is 9.59 Å². The standard InChI is InChI=1S/C8H16N2O2/c1-4-5(2)7(8(9)12)10-6(3)11/h5,7H,4H2,1-3H3,(H2,9,12)(H,10,11)/t5-,7+/m0/s1. The van der Waals surface area contributed by atoms with Crippen LogP contribution in [0, 0.1) is 5.92 Å². The van der Waals surface area contributed by atoms with E-state index in [1.807, 2.05) is 13.8 Å². The summed E-state index contributed by atoms with van der Waals surface area (Å²) in [6, 6.07) is -0.535. The fourth-order valence-electron chi connectivity index (χ4n) is 0.948. The number of nitrogens with one attached hydrogen (secondary N) is 1. The van der Waals surface area contributed by atoms with Crippen LogP contribution in [0.5, 0.6) is 0 Å². The van der Waals surface area contributed by atoms with Gasteiger partial charge in [0, 0.05) is 6.92 Å². The maximum atomic E-state index is 10.8. The van der Waals surface area contributed by atoms with E-state index < -0.39 is 11.9 Å². The number of carbonyl (C=O) groups is 2. The largest absolute Gasteiger partial charge is 0.368 e. The summed E-state index contributed by atoms with van der Waals surface area (Å²) in [7, 11) is 0. The zero-order chi connectivity index (χ0) is 9.72. The van der Waals surface area contributed by atoms with Crippen LogP contribution in [-0.2, 0) is 9.59 Å². The Morgan fingerprint density at radius 3 is 2.25 bits per heavy atom. The van der Waals surface area contributed by atoms with Crippen molar-refractivity contribution in [3.8, 4) is 0 Å². The molecule has 0 aliphatic carbocycles. The van der Waals surface area contributed by atoms with Crippen molar-refractivity contribution in [1.29, 1.82) is 0 Å². The summed E-state index contributed by atoms with van der Waals surface area (Å²) in [5.74, 6) is -0.606. The summed E-state index contributed by atoms with van der Waals surface area (Å²) in [5, 5.41) is 2.52. The molecule has 0 radical (unpaired) electrons. The van der Waals surface area contributed by atoms with E-state index in [0.29, 0.717) is 0 Å². The Balaban J connectivity index is 4.22. The van der Waals surface area contributed by atoms with E-state index in [1.54, 1.807) is 0 Å². The second-order valence-corrected chi connectivity index (χ2v) is 2.97. The molecule has 0 aliphatic rings. The van der Waals surface area contributed by atoms with Crippen LogP contribution < -0.4 is 11.1 Å². The summed E-state index contributed by atoms with van der Waals surface area (Å²) in [6.45, 7) is 5.20. The molecule has 2 atom stereocenters. The molecule has 0 saturated heterocycles. The van der Waals surface area contributed by atoms with E-state index in [4.69, 9.17) is 5.73 Å². The van der Waals surface area contributed by atoms with Gasteiger partial charge in [-0.15, -0.1) is 0 Å². The van der Waals surface area contributed by atoms with Crippen LogP contribution in [0.25, 0.3) is 0 Å². The third-order valence-electron chi connectivity index (χ3n) is 1.88. The summed E-state index contributed by atoms with van der Waals surface area (Å²) in [4.78, 5) is 21.5. The Morgan fingerprint density at radius 2 is 2.00 bits per heavy atom. The van der Waals surface area contributed by atoms with Gasteiger partial charge < -0.3 is 11.1 Å². The van der Waals surface area contributed by atoms with Crippen LogP contribution in [0.2, 0.25) is 0 Å². The maximum absolute atomic E-state index is 10.8. The lowest BCUT2D eigenvalue weighted by Crippen LogP contribution is -2.47. The van der Waals surface area contributed by atoms with E-state index in [0.717, 1.165) is 6.42 Å².